The lowest BCUT2D eigenvalue weighted by molar-refractivity contribution is 0.413. The first-order chi connectivity index (χ1) is 7.76. The summed E-state index contributed by atoms with van der Waals surface area (Å²) < 4.78 is 5.40. The summed E-state index contributed by atoms with van der Waals surface area (Å²) in [7, 11) is 1.72. The largest absolute Gasteiger partial charge is 0.495 e. The number of hydrogen-bond donors (Lipinski definition) is 2. The standard InChI is InChI=1S/C13H20N2O/c1-9-3-6-12(16-2)13-11(9)5-4-10(15-13)7-8-14/h3,6,10,15H,4-5,7-8,14H2,1-2H3. The second-order valence-corrected chi connectivity index (χ2v) is 4.40. The maximum atomic E-state index is 5.61. The highest BCUT2D eigenvalue weighted by Gasteiger charge is 2.21. The Labute approximate surface area is 97.0 Å². The van der Waals surface area contributed by atoms with Crippen molar-refractivity contribution in [3.63, 3.8) is 0 Å². The van der Waals surface area contributed by atoms with Crippen molar-refractivity contribution < 1.29 is 4.74 Å². The van der Waals surface area contributed by atoms with Crippen molar-refractivity contribution in [3.05, 3.63) is 23.3 Å². The maximum absolute atomic E-state index is 5.61. The molecular weight excluding hydrogens is 200 g/mol. The van der Waals surface area contributed by atoms with E-state index in [-0.39, 0.29) is 0 Å². The Morgan fingerprint density at radius 3 is 3.00 bits per heavy atom. The number of nitrogens with one attached hydrogen (secondary N) is 1. The van der Waals surface area contributed by atoms with Crippen molar-refractivity contribution in [1.29, 1.82) is 0 Å². The molecule has 3 N–H and O–H groups in total. The van der Waals surface area contributed by atoms with E-state index in [2.05, 4.69) is 18.3 Å². The van der Waals surface area contributed by atoms with Crippen LogP contribution in [0.4, 0.5) is 5.69 Å². The highest BCUT2D eigenvalue weighted by atomic mass is 16.5. The first-order valence-corrected chi connectivity index (χ1v) is 5.89. The molecule has 0 amide bonds. The van der Waals surface area contributed by atoms with E-state index in [1.165, 1.54) is 16.8 Å². The molecule has 3 nitrogen and oxygen atoms in total. The number of anilines is 1. The molecule has 0 saturated carbocycles. The summed E-state index contributed by atoms with van der Waals surface area (Å²) in [5.74, 6) is 0.947. The maximum Gasteiger partial charge on any atom is 0.142 e. The van der Waals surface area contributed by atoms with Gasteiger partial charge in [0.2, 0.25) is 0 Å². The fourth-order valence-corrected chi connectivity index (χ4v) is 2.39. The van der Waals surface area contributed by atoms with Crippen LogP contribution in [0, 0.1) is 6.92 Å². The van der Waals surface area contributed by atoms with Gasteiger partial charge in [0.15, 0.2) is 0 Å². The lowest BCUT2D eigenvalue weighted by Gasteiger charge is -2.29. The fourth-order valence-electron chi connectivity index (χ4n) is 2.39. The fraction of sp³-hybridized carbons (Fsp3) is 0.538. The Balaban J connectivity index is 2.31. The van der Waals surface area contributed by atoms with Gasteiger partial charge in [-0.2, -0.15) is 0 Å². The summed E-state index contributed by atoms with van der Waals surface area (Å²) in [5.41, 5.74) is 9.52. The van der Waals surface area contributed by atoms with Crippen LogP contribution in [-0.2, 0) is 6.42 Å². The van der Waals surface area contributed by atoms with E-state index in [1.54, 1.807) is 7.11 Å². The van der Waals surface area contributed by atoms with Crippen LogP contribution in [0.15, 0.2) is 12.1 Å². The van der Waals surface area contributed by atoms with Crippen LogP contribution < -0.4 is 15.8 Å². The van der Waals surface area contributed by atoms with E-state index in [4.69, 9.17) is 10.5 Å². The summed E-state index contributed by atoms with van der Waals surface area (Å²) in [6.07, 6.45) is 3.31. The molecule has 1 aromatic rings. The number of benzene rings is 1. The molecule has 16 heavy (non-hydrogen) atoms. The molecule has 0 spiro atoms. The van der Waals surface area contributed by atoms with Crippen molar-refractivity contribution in [2.75, 3.05) is 19.0 Å². The van der Waals surface area contributed by atoms with Crippen molar-refractivity contribution in [2.24, 2.45) is 5.73 Å². The normalized spacial score (nSPS) is 18.8. The van der Waals surface area contributed by atoms with Crippen molar-refractivity contribution >= 4 is 5.69 Å². The molecule has 1 heterocycles. The Hall–Kier alpha value is -1.22. The second-order valence-electron chi connectivity index (χ2n) is 4.40. The van der Waals surface area contributed by atoms with Crippen molar-refractivity contribution in [1.82, 2.24) is 0 Å². The van der Waals surface area contributed by atoms with Crippen LogP contribution in [0.1, 0.15) is 24.0 Å². The van der Waals surface area contributed by atoms with Crippen molar-refractivity contribution in [3.8, 4) is 5.75 Å². The molecule has 88 valence electrons. The molecule has 0 aromatic heterocycles. The third kappa shape index (κ3) is 2.00. The van der Waals surface area contributed by atoms with Crippen LogP contribution in [0.2, 0.25) is 0 Å². The monoisotopic (exact) mass is 220 g/mol. The van der Waals surface area contributed by atoms with Crippen LogP contribution in [0.5, 0.6) is 5.75 Å². The van der Waals surface area contributed by atoms with Crippen molar-refractivity contribution in [2.45, 2.75) is 32.2 Å². The lowest BCUT2D eigenvalue weighted by atomic mass is 9.92. The van der Waals surface area contributed by atoms with E-state index in [0.717, 1.165) is 31.6 Å². The quantitative estimate of drug-likeness (QED) is 0.820. The van der Waals surface area contributed by atoms with E-state index in [0.29, 0.717) is 6.04 Å². The predicted octanol–water partition coefficient (Wildman–Crippen LogP) is 2.08. The molecule has 0 aliphatic carbocycles. The SMILES string of the molecule is COc1ccc(C)c2c1NC(CCN)CC2. The van der Waals surface area contributed by atoms with Crippen LogP contribution in [0.25, 0.3) is 0 Å². The van der Waals surface area contributed by atoms with Gasteiger partial charge >= 0.3 is 0 Å². The molecule has 0 saturated heterocycles. The number of methoxy groups -OCH3 is 1. The Morgan fingerprint density at radius 2 is 2.31 bits per heavy atom. The van der Waals surface area contributed by atoms with Crippen LogP contribution in [-0.4, -0.2) is 19.7 Å². The van der Waals surface area contributed by atoms with Gasteiger partial charge in [-0.25, -0.2) is 0 Å². The Bertz CT molecular complexity index is 376. The minimum atomic E-state index is 0.494. The second kappa shape index (κ2) is 4.74. The zero-order valence-corrected chi connectivity index (χ0v) is 10.0. The van der Waals surface area contributed by atoms with E-state index in [9.17, 15) is 0 Å². The summed E-state index contributed by atoms with van der Waals surface area (Å²) in [5, 5.41) is 3.55. The molecule has 1 unspecified atom stereocenters. The third-order valence-electron chi connectivity index (χ3n) is 3.34. The highest BCUT2D eigenvalue weighted by Crippen LogP contribution is 2.36. The smallest absolute Gasteiger partial charge is 0.142 e. The van der Waals surface area contributed by atoms with Gasteiger partial charge in [0.1, 0.15) is 5.75 Å². The molecule has 1 aliphatic rings. The minimum Gasteiger partial charge on any atom is -0.495 e. The van der Waals surface area contributed by atoms with Gasteiger partial charge in [-0.15, -0.1) is 0 Å². The number of hydrogen-bond acceptors (Lipinski definition) is 3. The number of ether oxygens (including phenoxy) is 1. The predicted molar refractivity (Wildman–Crippen MR) is 67.1 cm³/mol. The Kier molecular flexibility index (Phi) is 3.34. The van der Waals surface area contributed by atoms with E-state index < -0.39 is 0 Å². The zero-order valence-electron chi connectivity index (χ0n) is 10.0. The topological polar surface area (TPSA) is 47.3 Å². The Morgan fingerprint density at radius 1 is 1.50 bits per heavy atom. The number of fused-ring (bicyclic) bond motifs is 1. The average Bonchev–Trinajstić information content (AvgIpc) is 2.30. The molecule has 0 fully saturated rings. The first kappa shape index (κ1) is 11.3. The third-order valence-corrected chi connectivity index (χ3v) is 3.34. The number of nitrogens with two attached hydrogens (primary N) is 1. The van der Waals surface area contributed by atoms with Crippen LogP contribution in [0.3, 0.4) is 0 Å². The molecule has 2 rings (SSSR count). The average molecular weight is 220 g/mol. The van der Waals surface area contributed by atoms with Crippen LogP contribution >= 0.6 is 0 Å². The molecule has 0 bridgehead atoms. The van der Waals surface area contributed by atoms with Gasteiger partial charge < -0.3 is 15.8 Å². The van der Waals surface area contributed by atoms with E-state index >= 15 is 0 Å². The molecule has 3 heteroatoms. The summed E-state index contributed by atoms with van der Waals surface area (Å²) >= 11 is 0. The molecule has 1 aromatic carbocycles. The molecular formula is C13H20N2O. The number of rotatable bonds is 3. The minimum absolute atomic E-state index is 0.494. The molecule has 0 radical (unpaired) electrons. The molecule has 1 atom stereocenters. The van der Waals surface area contributed by atoms with E-state index in [1.807, 2.05) is 6.07 Å². The zero-order chi connectivity index (χ0) is 11.5. The first-order valence-electron chi connectivity index (χ1n) is 5.89. The lowest BCUT2D eigenvalue weighted by Crippen LogP contribution is -2.28. The van der Waals surface area contributed by atoms with Gasteiger partial charge in [-0.05, 0) is 49.9 Å². The van der Waals surface area contributed by atoms with Gasteiger partial charge in [0.05, 0.1) is 12.8 Å². The van der Waals surface area contributed by atoms with Gasteiger partial charge in [0, 0.05) is 6.04 Å². The number of aryl methyl sites for hydroxylation is 1. The summed E-state index contributed by atoms with van der Waals surface area (Å²) in [4.78, 5) is 0. The summed E-state index contributed by atoms with van der Waals surface area (Å²) in [6.45, 7) is 2.89. The van der Waals surface area contributed by atoms with Gasteiger partial charge in [0.25, 0.3) is 0 Å². The van der Waals surface area contributed by atoms with Gasteiger partial charge in [-0.1, -0.05) is 6.07 Å². The molecule has 1 aliphatic heterocycles. The van der Waals surface area contributed by atoms with Gasteiger partial charge in [-0.3, -0.25) is 0 Å². The highest BCUT2D eigenvalue weighted by molar-refractivity contribution is 5.66. The summed E-state index contributed by atoms with van der Waals surface area (Å²) in [6, 6.07) is 4.66.